The molecule has 0 heterocycles. The fourth-order valence-electron chi connectivity index (χ4n) is 2.05. The molecule has 0 radical (unpaired) electrons. The van der Waals surface area contributed by atoms with E-state index in [4.69, 9.17) is 11.6 Å². The Balaban J connectivity index is 4.60. The number of sulfonamides is 1. The number of hydrogen-bond acceptors (Lipinski definition) is 3. The third-order valence-electron chi connectivity index (χ3n) is 3.31. The number of rotatable bonds is 12. The minimum atomic E-state index is -3.15. The first-order valence-electron chi connectivity index (χ1n) is 7.63. The van der Waals surface area contributed by atoms with Crippen LogP contribution in [-0.4, -0.2) is 62.0 Å². The maximum Gasteiger partial charge on any atom is 0.214 e. The van der Waals surface area contributed by atoms with Crippen molar-refractivity contribution >= 4 is 21.6 Å². The maximum atomic E-state index is 12.4. The molecule has 0 fully saturated rings. The minimum absolute atomic E-state index is 0.213. The van der Waals surface area contributed by atoms with Crippen LogP contribution in [0, 0.1) is 5.92 Å². The molecule has 0 aromatic heterocycles. The van der Waals surface area contributed by atoms with Crippen molar-refractivity contribution in [1.82, 2.24) is 9.21 Å². The van der Waals surface area contributed by atoms with Crippen LogP contribution in [0.5, 0.6) is 0 Å². The summed E-state index contributed by atoms with van der Waals surface area (Å²) in [5.41, 5.74) is 0. The third-order valence-corrected chi connectivity index (χ3v) is 5.50. The van der Waals surface area contributed by atoms with Gasteiger partial charge < -0.3 is 4.90 Å². The van der Waals surface area contributed by atoms with E-state index in [-0.39, 0.29) is 5.75 Å². The van der Waals surface area contributed by atoms with Crippen LogP contribution in [0.15, 0.2) is 0 Å². The van der Waals surface area contributed by atoms with Crippen LogP contribution in [0.3, 0.4) is 0 Å². The quantitative estimate of drug-likeness (QED) is 0.409. The molecule has 0 saturated carbocycles. The zero-order valence-corrected chi connectivity index (χ0v) is 15.0. The van der Waals surface area contributed by atoms with E-state index in [0.717, 1.165) is 26.1 Å². The molecule has 0 unspecified atom stereocenters. The van der Waals surface area contributed by atoms with Crippen LogP contribution >= 0.6 is 11.6 Å². The molecule has 0 bridgehead atoms. The molecule has 0 aliphatic carbocycles. The fourth-order valence-corrected chi connectivity index (χ4v) is 3.95. The summed E-state index contributed by atoms with van der Waals surface area (Å²) >= 11 is 5.62. The van der Waals surface area contributed by atoms with E-state index in [2.05, 4.69) is 32.6 Å². The average Bonchev–Trinajstić information content (AvgIpc) is 2.38. The first kappa shape index (κ1) is 20.2. The van der Waals surface area contributed by atoms with Gasteiger partial charge in [-0.25, -0.2) is 12.7 Å². The highest BCUT2D eigenvalue weighted by molar-refractivity contribution is 7.89. The predicted molar refractivity (Wildman–Crippen MR) is 87.9 cm³/mol. The summed E-state index contributed by atoms with van der Waals surface area (Å²) in [5, 5.41) is 0. The van der Waals surface area contributed by atoms with Crippen LogP contribution < -0.4 is 0 Å². The lowest BCUT2D eigenvalue weighted by Gasteiger charge is -2.27. The van der Waals surface area contributed by atoms with E-state index in [1.54, 1.807) is 4.31 Å². The first-order valence-corrected chi connectivity index (χ1v) is 9.77. The molecule has 0 aliphatic heterocycles. The minimum Gasteiger partial charge on any atom is -0.303 e. The molecule has 0 spiro atoms. The van der Waals surface area contributed by atoms with Gasteiger partial charge >= 0.3 is 0 Å². The van der Waals surface area contributed by atoms with E-state index < -0.39 is 10.0 Å². The van der Waals surface area contributed by atoms with Crippen LogP contribution in [0.1, 0.15) is 40.5 Å². The normalized spacial score (nSPS) is 12.8. The van der Waals surface area contributed by atoms with Crippen molar-refractivity contribution < 1.29 is 8.42 Å². The van der Waals surface area contributed by atoms with Gasteiger partial charge in [-0.2, -0.15) is 0 Å². The average molecular weight is 327 g/mol. The molecule has 20 heavy (non-hydrogen) atoms. The molecular formula is C14H31ClN2O2S. The molecule has 0 aromatic rings. The van der Waals surface area contributed by atoms with Gasteiger partial charge in [0.2, 0.25) is 10.0 Å². The van der Waals surface area contributed by atoms with Gasteiger partial charge in [-0.15, -0.1) is 11.6 Å². The molecule has 0 rings (SSSR count). The highest BCUT2D eigenvalue weighted by Gasteiger charge is 2.22. The van der Waals surface area contributed by atoms with Crippen LogP contribution in [0.25, 0.3) is 0 Å². The number of alkyl halides is 1. The maximum absolute atomic E-state index is 12.4. The molecule has 0 aliphatic rings. The lowest BCUT2D eigenvalue weighted by Crippen LogP contribution is -2.41. The first-order chi connectivity index (χ1) is 9.37. The van der Waals surface area contributed by atoms with Gasteiger partial charge in [0, 0.05) is 25.5 Å². The second-order valence-electron chi connectivity index (χ2n) is 5.49. The molecule has 0 saturated heterocycles. The van der Waals surface area contributed by atoms with Gasteiger partial charge in [0.05, 0.1) is 5.75 Å². The zero-order chi connectivity index (χ0) is 15.6. The second-order valence-corrected chi connectivity index (χ2v) is 7.96. The Bertz CT molecular complexity index is 330. The lowest BCUT2D eigenvalue weighted by atomic mass is 10.2. The molecule has 0 amide bonds. The Morgan fingerprint density at radius 2 is 1.65 bits per heavy atom. The molecule has 4 nitrogen and oxygen atoms in total. The van der Waals surface area contributed by atoms with Gasteiger partial charge in [0.25, 0.3) is 0 Å². The Labute approximate surface area is 130 Å². The fraction of sp³-hybridized carbons (Fsp3) is 1.00. The van der Waals surface area contributed by atoms with E-state index in [0.29, 0.717) is 31.3 Å². The van der Waals surface area contributed by atoms with Crippen molar-refractivity contribution in [3.05, 3.63) is 0 Å². The number of likely N-dealkylation sites (N-methyl/N-ethyl adjacent to an activating group) is 1. The Morgan fingerprint density at radius 1 is 1.05 bits per heavy atom. The Hall–Kier alpha value is 0.160. The van der Waals surface area contributed by atoms with Gasteiger partial charge in [0.1, 0.15) is 0 Å². The van der Waals surface area contributed by atoms with Crippen molar-refractivity contribution in [2.45, 2.75) is 40.5 Å². The second kappa shape index (κ2) is 10.8. The Kier molecular flexibility index (Phi) is 10.9. The van der Waals surface area contributed by atoms with Crippen molar-refractivity contribution in [2.75, 3.05) is 44.4 Å². The zero-order valence-electron chi connectivity index (χ0n) is 13.4. The van der Waals surface area contributed by atoms with Crippen molar-refractivity contribution in [1.29, 1.82) is 0 Å². The monoisotopic (exact) mass is 326 g/mol. The number of halogens is 1. The topological polar surface area (TPSA) is 40.6 Å². The molecule has 0 N–H and O–H groups in total. The summed E-state index contributed by atoms with van der Waals surface area (Å²) in [6, 6.07) is 0. The predicted octanol–water partition coefficient (Wildman–Crippen LogP) is 2.64. The van der Waals surface area contributed by atoms with Gasteiger partial charge in [0.15, 0.2) is 0 Å². The highest BCUT2D eigenvalue weighted by Crippen LogP contribution is 2.09. The molecule has 6 heteroatoms. The summed E-state index contributed by atoms with van der Waals surface area (Å²) < 4.78 is 26.4. The van der Waals surface area contributed by atoms with E-state index in [1.807, 2.05) is 0 Å². The third kappa shape index (κ3) is 8.45. The van der Waals surface area contributed by atoms with Gasteiger partial charge in [-0.1, -0.05) is 27.7 Å². The number of unbranched alkanes of at least 4 members (excludes halogenated alkanes) is 1. The largest absolute Gasteiger partial charge is 0.303 e. The summed E-state index contributed by atoms with van der Waals surface area (Å²) in [6.45, 7) is 12.2. The molecule has 0 aromatic carbocycles. The molecule has 0 atom stereocenters. The van der Waals surface area contributed by atoms with E-state index in [9.17, 15) is 8.42 Å². The van der Waals surface area contributed by atoms with Crippen molar-refractivity contribution in [2.24, 2.45) is 5.92 Å². The van der Waals surface area contributed by atoms with Crippen LogP contribution in [0.2, 0.25) is 0 Å². The lowest BCUT2D eigenvalue weighted by molar-refractivity contribution is 0.262. The van der Waals surface area contributed by atoms with Crippen LogP contribution in [-0.2, 0) is 10.0 Å². The van der Waals surface area contributed by atoms with Gasteiger partial charge in [-0.05, 0) is 31.8 Å². The summed E-state index contributed by atoms with van der Waals surface area (Å²) in [4.78, 5) is 2.25. The summed E-state index contributed by atoms with van der Waals surface area (Å²) in [7, 11) is -3.15. The van der Waals surface area contributed by atoms with Crippen molar-refractivity contribution in [3.63, 3.8) is 0 Å². The number of nitrogens with zero attached hydrogens (tertiary/aromatic N) is 2. The smallest absolute Gasteiger partial charge is 0.214 e. The van der Waals surface area contributed by atoms with E-state index >= 15 is 0 Å². The van der Waals surface area contributed by atoms with Gasteiger partial charge in [-0.3, -0.25) is 0 Å². The summed E-state index contributed by atoms with van der Waals surface area (Å²) in [5.74, 6) is 1.08. The van der Waals surface area contributed by atoms with Crippen LogP contribution in [0.4, 0.5) is 0 Å². The standard InChI is InChI=1S/C14H31ClN2O2S/c1-5-16(6-2)10-11-17(13-14(3)4)20(18,19)12-8-7-9-15/h14H,5-13H2,1-4H3. The number of hydrogen-bond donors (Lipinski definition) is 0. The van der Waals surface area contributed by atoms with Crippen molar-refractivity contribution in [3.8, 4) is 0 Å². The SMILES string of the molecule is CCN(CC)CCN(CC(C)C)S(=O)(=O)CCCCCl. The Morgan fingerprint density at radius 3 is 2.10 bits per heavy atom. The summed E-state index contributed by atoms with van der Waals surface area (Å²) in [6.07, 6.45) is 1.40. The highest BCUT2D eigenvalue weighted by atomic mass is 35.5. The molecule has 122 valence electrons. The van der Waals surface area contributed by atoms with E-state index in [1.165, 1.54) is 0 Å². The molecular weight excluding hydrogens is 296 g/mol.